The van der Waals surface area contributed by atoms with E-state index in [4.69, 9.17) is 5.73 Å². The maximum absolute atomic E-state index is 15.5. The third-order valence-electron chi connectivity index (χ3n) is 6.68. The van der Waals surface area contributed by atoms with Crippen molar-refractivity contribution in [3.8, 4) is 0 Å². The number of fused-ring (bicyclic) bond motifs is 2. The minimum atomic E-state index is -2.93. The Balaban J connectivity index is 1.75. The minimum absolute atomic E-state index is 0.116. The van der Waals surface area contributed by atoms with Crippen LogP contribution in [-0.2, 0) is 6.42 Å². The molecule has 4 N–H and O–H groups in total. The van der Waals surface area contributed by atoms with Gasteiger partial charge in [0.25, 0.3) is 11.5 Å². The van der Waals surface area contributed by atoms with E-state index in [2.05, 4.69) is 4.98 Å². The molecule has 0 saturated heterocycles. The van der Waals surface area contributed by atoms with Crippen molar-refractivity contribution in [3.63, 3.8) is 0 Å². The molecule has 1 saturated carbocycles. The molecule has 10 heteroatoms. The first-order chi connectivity index (χ1) is 14.7. The number of nitrogens with one attached hydrogen (secondary N) is 1. The zero-order chi connectivity index (χ0) is 22.2. The van der Waals surface area contributed by atoms with Crippen LogP contribution >= 0.6 is 11.3 Å². The van der Waals surface area contributed by atoms with Crippen molar-refractivity contribution < 1.29 is 18.3 Å². The van der Waals surface area contributed by atoms with Crippen LogP contribution in [0.25, 0.3) is 11.3 Å². The Hall–Kier alpha value is -2.33. The van der Waals surface area contributed by atoms with Crippen molar-refractivity contribution in [1.29, 1.82) is 0 Å². The maximum Gasteiger partial charge on any atom is 0.329 e. The number of nitrogens with zero attached hydrogens (tertiary/aromatic N) is 1. The number of alkyl halides is 3. The number of aryl methyl sites for hydroxylation is 1. The summed E-state index contributed by atoms with van der Waals surface area (Å²) in [7, 11) is 0. The maximum atomic E-state index is 15.5. The molecule has 5 rings (SSSR count). The smallest absolute Gasteiger partial charge is 0.329 e. The normalized spacial score (nSPS) is 27.2. The highest BCUT2D eigenvalue weighted by Gasteiger charge is 2.46. The number of hydrogen-bond acceptors (Lipinski definition) is 5. The fourth-order valence-corrected chi connectivity index (χ4v) is 6.38. The minimum Gasteiger partial charge on any atom is -0.508 e. The quantitative estimate of drug-likeness (QED) is 0.656. The summed E-state index contributed by atoms with van der Waals surface area (Å²) >= 11 is 1.24. The molecular formula is C21H22F3N3O3S. The van der Waals surface area contributed by atoms with Gasteiger partial charge in [-0.1, -0.05) is 0 Å². The number of nitrogens with two attached hydrogens (primary N) is 1. The second-order valence-corrected chi connectivity index (χ2v) is 9.78. The van der Waals surface area contributed by atoms with E-state index in [1.54, 1.807) is 13.0 Å². The van der Waals surface area contributed by atoms with E-state index in [0.717, 1.165) is 17.7 Å². The van der Waals surface area contributed by atoms with Crippen LogP contribution in [-0.4, -0.2) is 33.3 Å². The van der Waals surface area contributed by atoms with Crippen LogP contribution in [0.2, 0.25) is 0 Å². The van der Waals surface area contributed by atoms with E-state index in [-0.39, 0.29) is 36.0 Å². The number of aliphatic hydroxyl groups is 1. The van der Waals surface area contributed by atoms with Gasteiger partial charge in [-0.05, 0) is 43.4 Å². The zero-order valence-electron chi connectivity index (χ0n) is 16.8. The van der Waals surface area contributed by atoms with Crippen molar-refractivity contribution in [2.24, 2.45) is 5.73 Å². The van der Waals surface area contributed by atoms with E-state index < -0.39 is 40.9 Å². The molecule has 3 unspecified atom stereocenters. The lowest BCUT2D eigenvalue weighted by atomic mass is 9.82. The molecule has 3 aliphatic carbocycles. The van der Waals surface area contributed by atoms with Gasteiger partial charge >= 0.3 is 5.69 Å². The Morgan fingerprint density at radius 2 is 2.06 bits per heavy atom. The van der Waals surface area contributed by atoms with Crippen molar-refractivity contribution in [3.05, 3.63) is 52.8 Å². The molecule has 166 valence electrons. The van der Waals surface area contributed by atoms with Gasteiger partial charge in [-0.3, -0.25) is 14.3 Å². The summed E-state index contributed by atoms with van der Waals surface area (Å²) < 4.78 is 45.6. The summed E-state index contributed by atoms with van der Waals surface area (Å²) in [6.07, 6.45) is -0.570. The van der Waals surface area contributed by atoms with Gasteiger partial charge < -0.3 is 10.8 Å². The average Bonchev–Trinajstić information content (AvgIpc) is 3.44. The molecule has 0 aliphatic heterocycles. The number of aliphatic hydroxyl groups excluding tert-OH is 1. The van der Waals surface area contributed by atoms with E-state index in [1.807, 2.05) is 0 Å². The number of aromatic amines is 1. The molecule has 2 aromatic rings. The lowest BCUT2D eigenvalue weighted by Gasteiger charge is -2.30. The van der Waals surface area contributed by atoms with Crippen LogP contribution in [0.4, 0.5) is 13.2 Å². The number of rotatable bonds is 3. The highest BCUT2D eigenvalue weighted by atomic mass is 32.1. The van der Waals surface area contributed by atoms with Crippen LogP contribution in [0.3, 0.4) is 0 Å². The molecule has 6 nitrogen and oxygen atoms in total. The molecule has 0 spiro atoms. The van der Waals surface area contributed by atoms with E-state index >= 15 is 4.39 Å². The number of halogens is 3. The molecule has 0 aromatic carbocycles. The first-order valence-electron chi connectivity index (χ1n) is 10.3. The van der Waals surface area contributed by atoms with Crippen LogP contribution in [0.5, 0.6) is 0 Å². The topological polar surface area (TPSA) is 101 Å². The molecule has 0 bridgehead atoms. The predicted octanol–water partition coefficient (Wildman–Crippen LogP) is 1.53. The van der Waals surface area contributed by atoms with Gasteiger partial charge in [0.15, 0.2) is 6.17 Å². The van der Waals surface area contributed by atoms with Crippen molar-refractivity contribution >= 4 is 22.7 Å². The van der Waals surface area contributed by atoms with Gasteiger partial charge in [-0.2, -0.15) is 0 Å². The Morgan fingerprint density at radius 1 is 1.35 bits per heavy atom. The van der Waals surface area contributed by atoms with E-state index in [0.29, 0.717) is 16.0 Å². The second kappa shape index (κ2) is 6.83. The third kappa shape index (κ3) is 2.95. The Kier molecular flexibility index (Phi) is 4.53. The number of aromatic nitrogens is 2. The fourth-order valence-electron chi connectivity index (χ4n) is 4.96. The number of H-pyrrole nitrogens is 1. The van der Waals surface area contributed by atoms with Crippen molar-refractivity contribution in [2.75, 3.05) is 6.54 Å². The SMILES string of the molecule is CC1=c2c(c(=O)[nH]c(=O)n2C2CC2)=C(O)C(F)C1c1cc2c(s1)CCC(F)(F)C2CN. The standard InChI is InChI=1S/C21H22F3N3O3S/c1-8-14(13-6-10-11(7-25)21(23,24)5-4-12(10)31-13)16(22)18(28)15-17(8)27(9-2-3-9)20(30)26-19(15)29/h6,9,11,14,16,28H,2-5,7,25H2,1H3,(H,26,29,30). The van der Waals surface area contributed by atoms with Crippen LogP contribution < -0.4 is 27.6 Å². The molecule has 0 radical (unpaired) electrons. The van der Waals surface area contributed by atoms with Crippen LogP contribution in [0.15, 0.2) is 15.7 Å². The van der Waals surface area contributed by atoms with Gasteiger partial charge in [0, 0.05) is 28.8 Å². The van der Waals surface area contributed by atoms with E-state index in [9.17, 15) is 23.5 Å². The molecular weight excluding hydrogens is 431 g/mol. The lowest BCUT2D eigenvalue weighted by molar-refractivity contribution is -0.0381. The second-order valence-electron chi connectivity index (χ2n) is 8.61. The average molecular weight is 453 g/mol. The molecule has 31 heavy (non-hydrogen) atoms. The summed E-state index contributed by atoms with van der Waals surface area (Å²) in [5, 5.41) is 10.6. The predicted molar refractivity (Wildman–Crippen MR) is 111 cm³/mol. The summed E-state index contributed by atoms with van der Waals surface area (Å²) in [6, 6.07) is 1.45. The van der Waals surface area contributed by atoms with Crippen LogP contribution in [0.1, 0.15) is 59.4 Å². The summed E-state index contributed by atoms with van der Waals surface area (Å²) in [4.78, 5) is 28.3. The Bertz CT molecular complexity index is 1320. The monoisotopic (exact) mass is 453 g/mol. The largest absolute Gasteiger partial charge is 0.508 e. The Labute approximate surface area is 178 Å². The van der Waals surface area contributed by atoms with Crippen molar-refractivity contribution in [1.82, 2.24) is 9.55 Å². The molecule has 2 heterocycles. The van der Waals surface area contributed by atoms with Gasteiger partial charge in [0.2, 0.25) is 0 Å². The van der Waals surface area contributed by atoms with Gasteiger partial charge in [-0.15, -0.1) is 11.3 Å². The van der Waals surface area contributed by atoms with Gasteiger partial charge in [-0.25, -0.2) is 18.0 Å². The molecule has 3 aliphatic rings. The van der Waals surface area contributed by atoms with Crippen molar-refractivity contribution in [2.45, 2.75) is 62.6 Å². The fraction of sp³-hybridized carbons (Fsp3) is 0.524. The molecule has 1 fully saturated rings. The van der Waals surface area contributed by atoms with Crippen LogP contribution in [0, 0.1) is 0 Å². The molecule has 2 aromatic heterocycles. The number of thiophene rings is 1. The highest BCUT2D eigenvalue weighted by Crippen LogP contribution is 2.48. The highest BCUT2D eigenvalue weighted by molar-refractivity contribution is 7.12. The van der Waals surface area contributed by atoms with Gasteiger partial charge in [0.1, 0.15) is 11.0 Å². The van der Waals surface area contributed by atoms with E-state index in [1.165, 1.54) is 15.9 Å². The Morgan fingerprint density at radius 3 is 2.71 bits per heavy atom. The summed E-state index contributed by atoms with van der Waals surface area (Å²) in [6.45, 7) is 1.41. The third-order valence-corrected chi connectivity index (χ3v) is 7.97. The lowest BCUT2D eigenvalue weighted by Crippen LogP contribution is -2.58. The van der Waals surface area contributed by atoms with Gasteiger partial charge in [0.05, 0.1) is 17.2 Å². The summed E-state index contributed by atoms with van der Waals surface area (Å²) in [5.41, 5.74) is 5.08. The number of hydrogen-bond donors (Lipinski definition) is 3. The summed E-state index contributed by atoms with van der Waals surface area (Å²) in [5.74, 6) is -5.77. The molecule has 0 amide bonds. The molecule has 3 atom stereocenters. The first kappa shape index (κ1) is 20.6. The zero-order valence-corrected chi connectivity index (χ0v) is 17.6. The first-order valence-corrected chi connectivity index (χ1v) is 11.1.